The zero-order valence-electron chi connectivity index (χ0n) is 17.9. The Labute approximate surface area is 169 Å². The Balaban J connectivity index is 1.77. The van der Waals surface area contributed by atoms with Gasteiger partial charge in [0.15, 0.2) is 0 Å². The second-order valence-electron chi connectivity index (χ2n) is 8.74. The first-order chi connectivity index (χ1) is 13.4. The highest BCUT2D eigenvalue weighted by Crippen LogP contribution is 2.36. The van der Waals surface area contributed by atoms with E-state index in [4.69, 9.17) is 9.47 Å². The van der Waals surface area contributed by atoms with Crippen LogP contribution >= 0.6 is 0 Å². The molecule has 0 spiro atoms. The highest BCUT2D eigenvalue weighted by atomic mass is 16.5. The van der Waals surface area contributed by atoms with Crippen LogP contribution in [0.3, 0.4) is 0 Å². The average Bonchev–Trinajstić information content (AvgIpc) is 2.68. The van der Waals surface area contributed by atoms with Crippen LogP contribution in [0.4, 0.5) is 0 Å². The molecule has 2 fully saturated rings. The zero-order chi connectivity index (χ0) is 20.1. The van der Waals surface area contributed by atoms with Crippen LogP contribution in [0.1, 0.15) is 43.4 Å². The summed E-state index contributed by atoms with van der Waals surface area (Å²) in [4.78, 5) is 16.0. The summed E-state index contributed by atoms with van der Waals surface area (Å²) in [7, 11) is 0. The van der Waals surface area contributed by atoms with Gasteiger partial charge < -0.3 is 14.8 Å². The molecule has 0 radical (unpaired) electrons. The van der Waals surface area contributed by atoms with Crippen molar-refractivity contribution in [2.24, 2.45) is 5.92 Å². The Hall–Kier alpha value is -1.43. The van der Waals surface area contributed by atoms with E-state index >= 15 is 0 Å². The van der Waals surface area contributed by atoms with Gasteiger partial charge in [-0.1, -0.05) is 43.2 Å². The third kappa shape index (κ3) is 4.76. The summed E-state index contributed by atoms with van der Waals surface area (Å²) in [5.74, 6) is 0.630. The summed E-state index contributed by atoms with van der Waals surface area (Å²) in [6, 6.07) is 6.87. The summed E-state index contributed by atoms with van der Waals surface area (Å²) < 4.78 is 11.1. The molecule has 5 nitrogen and oxygen atoms in total. The molecule has 0 bridgehead atoms. The van der Waals surface area contributed by atoms with E-state index < -0.39 is 5.41 Å². The Morgan fingerprint density at radius 3 is 2.18 bits per heavy atom. The van der Waals surface area contributed by atoms with Crippen molar-refractivity contribution in [3.8, 4) is 0 Å². The lowest BCUT2D eigenvalue weighted by molar-refractivity contribution is -0.131. The fraction of sp³-hybridized carbons (Fsp3) is 0.696. The van der Waals surface area contributed by atoms with Gasteiger partial charge in [0.1, 0.15) is 0 Å². The lowest BCUT2D eigenvalue weighted by atomic mass is 9.72. The van der Waals surface area contributed by atoms with Crippen molar-refractivity contribution in [3.63, 3.8) is 0 Å². The van der Waals surface area contributed by atoms with Gasteiger partial charge in [0.25, 0.3) is 0 Å². The van der Waals surface area contributed by atoms with Gasteiger partial charge in [-0.2, -0.15) is 0 Å². The minimum atomic E-state index is -0.485. The van der Waals surface area contributed by atoms with Crippen LogP contribution in [-0.4, -0.2) is 62.9 Å². The normalized spacial score (nSPS) is 21.5. The number of hydrogen-bond acceptors (Lipinski definition) is 4. The number of ether oxygens (including phenoxy) is 2. The van der Waals surface area contributed by atoms with Crippen molar-refractivity contribution in [1.29, 1.82) is 0 Å². The van der Waals surface area contributed by atoms with Gasteiger partial charge in [-0.3, -0.25) is 9.69 Å². The topological polar surface area (TPSA) is 50.8 Å². The van der Waals surface area contributed by atoms with Gasteiger partial charge in [0, 0.05) is 38.9 Å². The first kappa shape index (κ1) is 21.3. The van der Waals surface area contributed by atoms with Crippen molar-refractivity contribution < 1.29 is 14.3 Å². The van der Waals surface area contributed by atoms with Gasteiger partial charge in [-0.05, 0) is 38.2 Å². The molecule has 0 aliphatic carbocycles. The van der Waals surface area contributed by atoms with E-state index in [9.17, 15) is 4.79 Å². The van der Waals surface area contributed by atoms with Gasteiger partial charge >= 0.3 is 0 Å². The SMILES string of the molecule is Cc1cc(C)cc(C2(C(=O)NCC(C(C)C)N3CCOCC3)CCOCC2)c1. The summed E-state index contributed by atoms with van der Waals surface area (Å²) in [6.45, 7) is 14.1. The largest absolute Gasteiger partial charge is 0.381 e. The predicted molar refractivity (Wildman–Crippen MR) is 112 cm³/mol. The Morgan fingerprint density at radius 1 is 1.04 bits per heavy atom. The standard InChI is InChI=1S/C23H36N2O3/c1-17(2)21(25-7-11-28-12-8-25)16-24-22(26)23(5-9-27-10-6-23)20-14-18(3)13-19(4)15-20/h13-15,17,21H,5-12,16H2,1-4H3,(H,24,26). The maximum Gasteiger partial charge on any atom is 0.230 e. The van der Waals surface area contributed by atoms with Crippen LogP contribution in [0.15, 0.2) is 18.2 Å². The van der Waals surface area contributed by atoms with E-state index in [1.807, 2.05) is 0 Å². The number of carbonyl (C=O) groups is 1. The van der Waals surface area contributed by atoms with Crippen LogP contribution < -0.4 is 5.32 Å². The first-order valence-corrected chi connectivity index (χ1v) is 10.7. The smallest absolute Gasteiger partial charge is 0.230 e. The maximum absolute atomic E-state index is 13.5. The third-order valence-corrected chi connectivity index (χ3v) is 6.31. The Bertz CT molecular complexity index is 642. The van der Waals surface area contributed by atoms with Crippen molar-refractivity contribution in [2.45, 2.75) is 52.0 Å². The van der Waals surface area contributed by atoms with Crippen molar-refractivity contribution in [1.82, 2.24) is 10.2 Å². The van der Waals surface area contributed by atoms with Gasteiger partial charge in [-0.25, -0.2) is 0 Å². The van der Waals surface area contributed by atoms with E-state index in [-0.39, 0.29) is 5.91 Å². The molecular weight excluding hydrogens is 352 g/mol. The van der Waals surface area contributed by atoms with E-state index in [2.05, 4.69) is 56.1 Å². The lowest BCUT2D eigenvalue weighted by Gasteiger charge is -2.40. The number of hydrogen-bond donors (Lipinski definition) is 1. The van der Waals surface area contributed by atoms with Gasteiger partial charge in [0.2, 0.25) is 5.91 Å². The van der Waals surface area contributed by atoms with Crippen LogP contribution in [0, 0.1) is 19.8 Å². The van der Waals surface area contributed by atoms with Gasteiger partial charge in [-0.15, -0.1) is 0 Å². The molecule has 156 valence electrons. The quantitative estimate of drug-likeness (QED) is 0.814. The maximum atomic E-state index is 13.5. The molecule has 3 rings (SSSR count). The molecule has 0 aromatic heterocycles. The van der Waals surface area contributed by atoms with E-state index in [0.717, 1.165) is 44.7 Å². The van der Waals surface area contributed by atoms with Crippen molar-refractivity contribution in [3.05, 3.63) is 34.9 Å². The van der Waals surface area contributed by atoms with E-state index in [1.54, 1.807) is 0 Å². The summed E-state index contributed by atoms with van der Waals surface area (Å²) in [5.41, 5.74) is 3.07. The number of nitrogens with one attached hydrogen (secondary N) is 1. The van der Waals surface area contributed by atoms with Crippen LogP contribution in [-0.2, 0) is 19.7 Å². The minimum absolute atomic E-state index is 0.153. The summed E-state index contributed by atoms with van der Waals surface area (Å²) in [5, 5.41) is 3.33. The minimum Gasteiger partial charge on any atom is -0.381 e. The molecule has 2 saturated heterocycles. The average molecular weight is 389 g/mol. The van der Waals surface area contributed by atoms with E-state index in [1.165, 1.54) is 11.1 Å². The molecule has 1 atom stereocenters. The summed E-state index contributed by atoms with van der Waals surface area (Å²) >= 11 is 0. The predicted octanol–water partition coefficient (Wildman–Crippen LogP) is 2.82. The first-order valence-electron chi connectivity index (χ1n) is 10.7. The number of rotatable bonds is 6. The number of aryl methyl sites for hydroxylation is 2. The molecule has 1 aromatic rings. The Kier molecular flexibility index (Phi) is 7.13. The number of morpholine rings is 1. The molecule has 5 heteroatoms. The molecule has 1 unspecified atom stereocenters. The third-order valence-electron chi connectivity index (χ3n) is 6.31. The molecule has 2 heterocycles. The number of amides is 1. The molecular formula is C23H36N2O3. The zero-order valence-corrected chi connectivity index (χ0v) is 17.9. The van der Waals surface area contributed by atoms with Crippen LogP contribution in [0.5, 0.6) is 0 Å². The molecule has 0 saturated carbocycles. The Morgan fingerprint density at radius 2 is 1.61 bits per heavy atom. The van der Waals surface area contributed by atoms with E-state index in [0.29, 0.717) is 31.7 Å². The lowest BCUT2D eigenvalue weighted by Crippen LogP contribution is -2.54. The van der Waals surface area contributed by atoms with Crippen molar-refractivity contribution in [2.75, 3.05) is 46.1 Å². The van der Waals surface area contributed by atoms with Crippen molar-refractivity contribution >= 4 is 5.91 Å². The molecule has 2 aliphatic rings. The number of carbonyl (C=O) groups excluding carboxylic acids is 1. The van der Waals surface area contributed by atoms with Crippen LogP contribution in [0.2, 0.25) is 0 Å². The highest BCUT2D eigenvalue weighted by Gasteiger charge is 2.42. The highest BCUT2D eigenvalue weighted by molar-refractivity contribution is 5.88. The second-order valence-corrected chi connectivity index (χ2v) is 8.74. The number of benzene rings is 1. The second kappa shape index (κ2) is 9.38. The fourth-order valence-electron chi connectivity index (χ4n) is 4.68. The van der Waals surface area contributed by atoms with Gasteiger partial charge in [0.05, 0.1) is 18.6 Å². The number of nitrogens with zero attached hydrogens (tertiary/aromatic N) is 1. The fourth-order valence-corrected chi connectivity index (χ4v) is 4.68. The molecule has 1 amide bonds. The molecule has 1 N–H and O–H groups in total. The molecule has 2 aliphatic heterocycles. The molecule has 28 heavy (non-hydrogen) atoms. The monoisotopic (exact) mass is 388 g/mol. The molecule has 1 aromatic carbocycles. The summed E-state index contributed by atoms with van der Waals surface area (Å²) in [6.07, 6.45) is 1.48. The van der Waals surface area contributed by atoms with Crippen LogP contribution in [0.25, 0.3) is 0 Å².